The number of pyridine rings is 1. The van der Waals surface area contributed by atoms with Crippen molar-refractivity contribution in [3.63, 3.8) is 0 Å². The number of amides is 1. The lowest BCUT2D eigenvalue weighted by Crippen LogP contribution is -2.39. The van der Waals surface area contributed by atoms with Crippen molar-refractivity contribution in [1.82, 2.24) is 4.98 Å². The molecule has 1 aromatic heterocycles. The van der Waals surface area contributed by atoms with Crippen molar-refractivity contribution in [2.45, 2.75) is 12.6 Å². The van der Waals surface area contributed by atoms with Crippen molar-refractivity contribution >= 4 is 11.7 Å². The first-order valence-corrected chi connectivity index (χ1v) is 5.45. The zero-order valence-electron chi connectivity index (χ0n) is 9.39. The molecule has 1 unspecified atom stereocenters. The van der Waals surface area contributed by atoms with Crippen LogP contribution in [0.1, 0.15) is 5.56 Å². The highest BCUT2D eigenvalue weighted by atomic mass is 16.6. The van der Waals surface area contributed by atoms with Gasteiger partial charge >= 0.3 is 0 Å². The zero-order chi connectivity index (χ0) is 12.1. The second-order valence-corrected chi connectivity index (χ2v) is 3.68. The topological polar surface area (TPSA) is 86.5 Å². The van der Waals surface area contributed by atoms with Gasteiger partial charge in [-0.1, -0.05) is 6.07 Å². The summed E-state index contributed by atoms with van der Waals surface area (Å²) in [6, 6.07) is 3.53. The van der Waals surface area contributed by atoms with Gasteiger partial charge in [0, 0.05) is 12.7 Å². The van der Waals surface area contributed by atoms with Gasteiger partial charge in [0.05, 0.1) is 19.8 Å². The number of hydrogen-bond donors (Lipinski definition) is 2. The predicted molar refractivity (Wildman–Crippen MR) is 61.3 cm³/mol. The average Bonchev–Trinajstić information content (AvgIpc) is 2.40. The van der Waals surface area contributed by atoms with Crippen molar-refractivity contribution in [2.24, 2.45) is 5.73 Å². The Morgan fingerprint density at radius 3 is 3.00 bits per heavy atom. The number of carbonyl (C=O) groups excluding carboxylic acids is 1. The minimum atomic E-state index is -0.556. The van der Waals surface area contributed by atoms with Crippen LogP contribution < -0.4 is 11.1 Å². The van der Waals surface area contributed by atoms with E-state index in [4.69, 9.17) is 15.2 Å². The minimum Gasteiger partial charge on any atom is -0.376 e. The highest BCUT2D eigenvalue weighted by Crippen LogP contribution is 2.07. The Morgan fingerprint density at radius 1 is 1.53 bits per heavy atom. The zero-order valence-corrected chi connectivity index (χ0v) is 9.39. The van der Waals surface area contributed by atoms with Gasteiger partial charge in [0.15, 0.2) is 6.10 Å². The van der Waals surface area contributed by atoms with Crippen molar-refractivity contribution in [3.05, 3.63) is 23.9 Å². The molecule has 6 nitrogen and oxygen atoms in total. The largest absolute Gasteiger partial charge is 0.376 e. The van der Waals surface area contributed by atoms with Gasteiger partial charge in [-0.05, 0) is 11.6 Å². The third-order valence-corrected chi connectivity index (χ3v) is 2.42. The molecule has 1 fully saturated rings. The molecule has 92 valence electrons. The molecule has 1 saturated heterocycles. The van der Waals surface area contributed by atoms with Crippen molar-refractivity contribution in [3.8, 4) is 0 Å². The van der Waals surface area contributed by atoms with Crippen LogP contribution in [0.3, 0.4) is 0 Å². The Morgan fingerprint density at radius 2 is 2.41 bits per heavy atom. The molecule has 2 heterocycles. The van der Waals surface area contributed by atoms with Crippen LogP contribution in [0.25, 0.3) is 0 Å². The lowest BCUT2D eigenvalue weighted by Gasteiger charge is -2.21. The number of rotatable bonds is 3. The Labute approximate surface area is 99.1 Å². The molecular formula is C11H15N3O3. The first-order chi connectivity index (χ1) is 8.29. The van der Waals surface area contributed by atoms with Crippen LogP contribution >= 0.6 is 0 Å². The molecule has 0 bridgehead atoms. The first-order valence-electron chi connectivity index (χ1n) is 5.45. The SMILES string of the molecule is NCc1ccc(NC(=O)C2COCCO2)nc1. The lowest BCUT2D eigenvalue weighted by atomic mass is 10.3. The van der Waals surface area contributed by atoms with Crippen LogP contribution in [0.4, 0.5) is 5.82 Å². The molecule has 3 N–H and O–H groups in total. The quantitative estimate of drug-likeness (QED) is 0.766. The van der Waals surface area contributed by atoms with E-state index in [1.54, 1.807) is 12.3 Å². The minimum absolute atomic E-state index is 0.238. The van der Waals surface area contributed by atoms with Gasteiger partial charge in [-0.2, -0.15) is 0 Å². The van der Waals surface area contributed by atoms with Gasteiger partial charge in [-0.3, -0.25) is 4.79 Å². The fourth-order valence-electron chi connectivity index (χ4n) is 1.47. The highest BCUT2D eigenvalue weighted by molar-refractivity contribution is 5.93. The van der Waals surface area contributed by atoms with Crippen molar-refractivity contribution in [2.75, 3.05) is 25.1 Å². The van der Waals surface area contributed by atoms with Gasteiger partial charge < -0.3 is 20.5 Å². The normalized spacial score (nSPS) is 19.9. The van der Waals surface area contributed by atoms with E-state index in [1.165, 1.54) is 0 Å². The monoisotopic (exact) mass is 237 g/mol. The summed E-state index contributed by atoms with van der Waals surface area (Å²) in [5, 5.41) is 2.67. The van der Waals surface area contributed by atoms with Crippen LogP contribution in [-0.4, -0.2) is 36.8 Å². The summed E-state index contributed by atoms with van der Waals surface area (Å²) < 4.78 is 10.4. The first kappa shape index (κ1) is 12.0. The van der Waals surface area contributed by atoms with E-state index in [9.17, 15) is 4.79 Å². The second-order valence-electron chi connectivity index (χ2n) is 3.68. The fraction of sp³-hybridized carbons (Fsp3) is 0.455. The Kier molecular flexibility index (Phi) is 4.03. The number of nitrogens with zero attached hydrogens (tertiary/aromatic N) is 1. The summed E-state index contributed by atoms with van der Waals surface area (Å²) in [4.78, 5) is 15.8. The summed E-state index contributed by atoms with van der Waals surface area (Å²) in [6.45, 7) is 1.69. The predicted octanol–water partition coefficient (Wildman–Crippen LogP) is -0.106. The molecule has 2 rings (SSSR count). The van der Waals surface area contributed by atoms with E-state index < -0.39 is 6.10 Å². The molecule has 1 aromatic rings. The molecule has 1 amide bonds. The summed E-state index contributed by atoms with van der Waals surface area (Å²) in [7, 11) is 0. The van der Waals surface area contributed by atoms with Crippen LogP contribution in [0, 0.1) is 0 Å². The van der Waals surface area contributed by atoms with Crippen LogP contribution in [-0.2, 0) is 20.8 Å². The summed E-state index contributed by atoms with van der Waals surface area (Å²) >= 11 is 0. The van der Waals surface area contributed by atoms with E-state index in [2.05, 4.69) is 10.3 Å². The summed E-state index contributed by atoms with van der Waals surface area (Å²) in [6.07, 6.45) is 1.08. The Balaban J connectivity index is 1.92. The van der Waals surface area contributed by atoms with Gasteiger partial charge in [0.2, 0.25) is 0 Å². The average molecular weight is 237 g/mol. The van der Waals surface area contributed by atoms with Gasteiger partial charge in [-0.15, -0.1) is 0 Å². The molecule has 0 aliphatic carbocycles. The number of nitrogens with one attached hydrogen (secondary N) is 1. The summed E-state index contributed by atoms with van der Waals surface area (Å²) in [5.41, 5.74) is 6.37. The van der Waals surface area contributed by atoms with Gasteiger partial charge in [0.1, 0.15) is 5.82 Å². The Hall–Kier alpha value is -1.50. The maximum Gasteiger partial charge on any atom is 0.257 e. The number of anilines is 1. The van der Waals surface area contributed by atoms with Gasteiger partial charge in [0.25, 0.3) is 5.91 Å². The van der Waals surface area contributed by atoms with Crippen LogP contribution in [0.5, 0.6) is 0 Å². The number of hydrogen-bond acceptors (Lipinski definition) is 5. The fourth-order valence-corrected chi connectivity index (χ4v) is 1.47. The number of aromatic nitrogens is 1. The number of nitrogens with two attached hydrogens (primary N) is 1. The molecule has 1 aliphatic rings. The maximum absolute atomic E-state index is 11.7. The van der Waals surface area contributed by atoms with E-state index in [1.807, 2.05) is 6.07 Å². The van der Waals surface area contributed by atoms with E-state index in [0.29, 0.717) is 25.6 Å². The highest BCUT2D eigenvalue weighted by Gasteiger charge is 2.22. The summed E-state index contributed by atoms with van der Waals surface area (Å²) in [5.74, 6) is 0.249. The van der Waals surface area contributed by atoms with E-state index in [-0.39, 0.29) is 12.5 Å². The van der Waals surface area contributed by atoms with Crippen LogP contribution in [0.15, 0.2) is 18.3 Å². The van der Waals surface area contributed by atoms with Crippen molar-refractivity contribution < 1.29 is 14.3 Å². The molecule has 6 heteroatoms. The Bertz CT molecular complexity index is 374. The van der Waals surface area contributed by atoms with Gasteiger partial charge in [-0.25, -0.2) is 4.98 Å². The molecule has 0 aromatic carbocycles. The maximum atomic E-state index is 11.7. The molecule has 1 atom stereocenters. The number of carbonyl (C=O) groups is 1. The molecule has 0 saturated carbocycles. The molecular weight excluding hydrogens is 222 g/mol. The standard InChI is InChI=1S/C11H15N3O3/c12-5-8-1-2-10(13-6-8)14-11(15)9-7-16-3-4-17-9/h1-2,6,9H,3-5,7,12H2,(H,13,14,15). The third-order valence-electron chi connectivity index (χ3n) is 2.42. The third kappa shape index (κ3) is 3.23. The molecule has 0 spiro atoms. The smallest absolute Gasteiger partial charge is 0.257 e. The molecule has 1 aliphatic heterocycles. The molecule has 17 heavy (non-hydrogen) atoms. The molecule has 0 radical (unpaired) electrons. The second kappa shape index (κ2) is 5.72. The van der Waals surface area contributed by atoms with E-state index >= 15 is 0 Å². The van der Waals surface area contributed by atoms with Crippen molar-refractivity contribution in [1.29, 1.82) is 0 Å². The van der Waals surface area contributed by atoms with E-state index in [0.717, 1.165) is 5.56 Å². The number of ether oxygens (including phenoxy) is 2. The van der Waals surface area contributed by atoms with Crippen LogP contribution in [0.2, 0.25) is 0 Å². The lowest BCUT2D eigenvalue weighted by molar-refractivity contribution is -0.142.